The molecule has 0 radical (unpaired) electrons. The minimum absolute atomic E-state index is 0.162. The predicted molar refractivity (Wildman–Crippen MR) is 50.2 cm³/mol. The quantitative estimate of drug-likeness (QED) is 0.700. The Balaban J connectivity index is 2.30. The van der Waals surface area contributed by atoms with Crippen molar-refractivity contribution in [2.24, 2.45) is 5.73 Å². The summed E-state index contributed by atoms with van der Waals surface area (Å²) in [6, 6.07) is 0. The first-order valence-electron chi connectivity index (χ1n) is 4.09. The van der Waals surface area contributed by atoms with Crippen molar-refractivity contribution in [3.8, 4) is 0 Å². The van der Waals surface area contributed by atoms with Crippen LogP contribution in [0.1, 0.15) is 0 Å². The second kappa shape index (κ2) is 4.82. The van der Waals surface area contributed by atoms with E-state index in [2.05, 4.69) is 11.5 Å². The molecule has 1 heterocycles. The fourth-order valence-electron chi connectivity index (χ4n) is 1.31. The number of nitrogens with zero attached hydrogens (tertiary/aromatic N) is 1. The minimum atomic E-state index is 0.162. The maximum atomic E-state index is 5.69. The average Bonchev–Trinajstić information content (AvgIpc) is 2.03. The van der Waals surface area contributed by atoms with E-state index in [9.17, 15) is 0 Å². The molecule has 1 aliphatic rings. The zero-order valence-electron chi connectivity index (χ0n) is 7.13. The molecule has 3 nitrogen and oxygen atoms in total. The highest BCUT2D eigenvalue weighted by molar-refractivity contribution is 6.29. The Morgan fingerprint density at radius 1 is 1.75 bits per heavy atom. The fraction of sp³-hybridized carbons (Fsp3) is 0.750. The molecule has 0 aromatic rings. The third kappa shape index (κ3) is 3.11. The van der Waals surface area contributed by atoms with Crippen LogP contribution in [-0.2, 0) is 4.74 Å². The van der Waals surface area contributed by atoms with Gasteiger partial charge in [-0.25, -0.2) is 0 Å². The first-order valence-corrected chi connectivity index (χ1v) is 4.47. The lowest BCUT2D eigenvalue weighted by molar-refractivity contribution is -0.0193. The molecule has 2 N–H and O–H groups in total. The lowest BCUT2D eigenvalue weighted by Crippen LogP contribution is -2.45. The largest absolute Gasteiger partial charge is 0.374 e. The summed E-state index contributed by atoms with van der Waals surface area (Å²) in [4.78, 5) is 2.20. The molecular weight excluding hydrogens is 176 g/mol. The molecule has 1 fully saturated rings. The zero-order valence-corrected chi connectivity index (χ0v) is 7.89. The van der Waals surface area contributed by atoms with Crippen LogP contribution in [0.5, 0.6) is 0 Å². The fourth-order valence-corrected chi connectivity index (χ4v) is 1.48. The van der Waals surface area contributed by atoms with Gasteiger partial charge in [0.1, 0.15) is 0 Å². The summed E-state index contributed by atoms with van der Waals surface area (Å²) in [5.41, 5.74) is 5.49. The summed E-state index contributed by atoms with van der Waals surface area (Å²) in [5, 5.41) is 0.674. The summed E-state index contributed by atoms with van der Waals surface area (Å²) in [7, 11) is 0. The molecule has 0 aromatic carbocycles. The average molecular weight is 191 g/mol. The van der Waals surface area contributed by atoms with Gasteiger partial charge in [0.2, 0.25) is 0 Å². The highest BCUT2D eigenvalue weighted by atomic mass is 35.5. The number of morpholine rings is 1. The van der Waals surface area contributed by atoms with Crippen LogP contribution < -0.4 is 5.73 Å². The Bertz CT molecular complexity index is 163. The number of nitrogens with two attached hydrogens (primary N) is 1. The van der Waals surface area contributed by atoms with Crippen LogP contribution in [0.4, 0.5) is 0 Å². The molecule has 1 saturated heterocycles. The maximum Gasteiger partial charge on any atom is 0.0824 e. The van der Waals surface area contributed by atoms with Crippen LogP contribution in [0, 0.1) is 0 Å². The second-order valence-corrected chi connectivity index (χ2v) is 3.52. The van der Waals surface area contributed by atoms with Gasteiger partial charge in [0.15, 0.2) is 0 Å². The lowest BCUT2D eigenvalue weighted by atomic mass is 10.3. The van der Waals surface area contributed by atoms with Gasteiger partial charge in [-0.1, -0.05) is 18.2 Å². The number of ether oxygens (including phenoxy) is 1. The molecule has 0 spiro atoms. The van der Waals surface area contributed by atoms with E-state index in [4.69, 9.17) is 22.1 Å². The molecule has 0 saturated carbocycles. The van der Waals surface area contributed by atoms with E-state index in [0.717, 1.165) is 26.2 Å². The van der Waals surface area contributed by atoms with Crippen LogP contribution in [0.15, 0.2) is 11.6 Å². The Kier molecular flexibility index (Phi) is 4.01. The van der Waals surface area contributed by atoms with Gasteiger partial charge in [-0.2, -0.15) is 0 Å². The van der Waals surface area contributed by atoms with E-state index in [1.807, 2.05) is 0 Å². The van der Waals surface area contributed by atoms with Crippen molar-refractivity contribution < 1.29 is 4.74 Å². The zero-order chi connectivity index (χ0) is 8.97. The smallest absolute Gasteiger partial charge is 0.0824 e. The van der Waals surface area contributed by atoms with Crippen molar-refractivity contribution in [3.05, 3.63) is 11.6 Å². The molecule has 1 rings (SSSR count). The minimum Gasteiger partial charge on any atom is -0.374 e. The van der Waals surface area contributed by atoms with Gasteiger partial charge in [-0.15, -0.1) is 0 Å². The molecule has 0 aliphatic carbocycles. The second-order valence-electron chi connectivity index (χ2n) is 2.98. The summed E-state index contributed by atoms with van der Waals surface area (Å²) in [6.45, 7) is 7.49. The summed E-state index contributed by atoms with van der Waals surface area (Å²) in [6.07, 6.45) is 0.162. The lowest BCUT2D eigenvalue weighted by Gasteiger charge is -2.31. The van der Waals surface area contributed by atoms with Crippen molar-refractivity contribution in [1.82, 2.24) is 4.90 Å². The summed E-state index contributed by atoms with van der Waals surface area (Å²) < 4.78 is 5.40. The van der Waals surface area contributed by atoms with Gasteiger partial charge < -0.3 is 10.5 Å². The van der Waals surface area contributed by atoms with Gasteiger partial charge in [0, 0.05) is 31.2 Å². The van der Waals surface area contributed by atoms with Gasteiger partial charge in [0.05, 0.1) is 12.7 Å². The molecule has 70 valence electrons. The van der Waals surface area contributed by atoms with Crippen LogP contribution in [0.25, 0.3) is 0 Å². The Morgan fingerprint density at radius 2 is 2.50 bits per heavy atom. The van der Waals surface area contributed by atoms with Crippen molar-refractivity contribution >= 4 is 11.6 Å². The number of halogens is 1. The van der Waals surface area contributed by atoms with E-state index >= 15 is 0 Å². The molecule has 1 atom stereocenters. The van der Waals surface area contributed by atoms with Gasteiger partial charge >= 0.3 is 0 Å². The number of hydrogen-bond acceptors (Lipinski definition) is 3. The maximum absolute atomic E-state index is 5.69. The van der Waals surface area contributed by atoms with E-state index in [-0.39, 0.29) is 6.10 Å². The summed E-state index contributed by atoms with van der Waals surface area (Å²) >= 11 is 5.69. The highest BCUT2D eigenvalue weighted by Crippen LogP contribution is 2.07. The van der Waals surface area contributed by atoms with Gasteiger partial charge in [-0.3, -0.25) is 4.90 Å². The SMILES string of the molecule is C=C(Cl)CN1CCOC(CN)C1. The molecule has 0 bridgehead atoms. The Labute approximate surface area is 78.1 Å². The standard InChI is InChI=1S/C8H15ClN2O/c1-7(9)5-11-2-3-12-8(4-10)6-11/h8H,1-6,10H2. The number of rotatable bonds is 3. The Hall–Kier alpha value is -0.0900. The van der Waals surface area contributed by atoms with Crippen molar-refractivity contribution in [2.75, 3.05) is 32.8 Å². The van der Waals surface area contributed by atoms with Crippen LogP contribution >= 0.6 is 11.6 Å². The van der Waals surface area contributed by atoms with Crippen molar-refractivity contribution in [1.29, 1.82) is 0 Å². The topological polar surface area (TPSA) is 38.5 Å². The molecule has 1 unspecified atom stereocenters. The number of hydrogen-bond donors (Lipinski definition) is 1. The third-order valence-electron chi connectivity index (χ3n) is 1.88. The molecular formula is C8H15ClN2O. The van der Waals surface area contributed by atoms with Crippen molar-refractivity contribution in [3.63, 3.8) is 0 Å². The first kappa shape index (κ1) is 9.99. The van der Waals surface area contributed by atoms with E-state index in [1.54, 1.807) is 0 Å². The van der Waals surface area contributed by atoms with Gasteiger partial charge in [-0.05, 0) is 0 Å². The molecule has 12 heavy (non-hydrogen) atoms. The third-order valence-corrected chi connectivity index (χ3v) is 2.00. The first-order chi connectivity index (χ1) is 5.72. The van der Waals surface area contributed by atoms with E-state index < -0.39 is 0 Å². The molecule has 4 heteroatoms. The normalized spacial score (nSPS) is 25.7. The molecule has 0 aromatic heterocycles. The predicted octanol–water partition coefficient (Wildman–Crippen LogP) is 0.398. The monoisotopic (exact) mass is 190 g/mol. The molecule has 0 amide bonds. The van der Waals surface area contributed by atoms with E-state index in [0.29, 0.717) is 11.6 Å². The Morgan fingerprint density at radius 3 is 3.08 bits per heavy atom. The molecule has 1 aliphatic heterocycles. The van der Waals surface area contributed by atoms with Crippen LogP contribution in [0.2, 0.25) is 0 Å². The van der Waals surface area contributed by atoms with Crippen molar-refractivity contribution in [2.45, 2.75) is 6.10 Å². The van der Waals surface area contributed by atoms with Gasteiger partial charge in [0.25, 0.3) is 0 Å². The summed E-state index contributed by atoms with van der Waals surface area (Å²) in [5.74, 6) is 0. The van der Waals surface area contributed by atoms with Crippen LogP contribution in [-0.4, -0.2) is 43.8 Å². The van der Waals surface area contributed by atoms with Crippen LogP contribution in [0.3, 0.4) is 0 Å². The highest BCUT2D eigenvalue weighted by Gasteiger charge is 2.18. The van der Waals surface area contributed by atoms with E-state index in [1.165, 1.54) is 0 Å².